The maximum atomic E-state index is 12.8. The second kappa shape index (κ2) is 5.67. The number of hydrogen-bond acceptors (Lipinski definition) is 5. The smallest absolute Gasteiger partial charge is 0.357 e. The minimum absolute atomic E-state index is 0.0698. The topological polar surface area (TPSA) is 82.3 Å². The van der Waals surface area contributed by atoms with Crippen molar-refractivity contribution in [1.82, 2.24) is 4.98 Å². The van der Waals surface area contributed by atoms with E-state index in [1.54, 1.807) is 0 Å². The Morgan fingerprint density at radius 2 is 2.28 bits per heavy atom. The van der Waals surface area contributed by atoms with E-state index in [1.165, 1.54) is 6.92 Å². The summed E-state index contributed by atoms with van der Waals surface area (Å²) < 4.78 is 30.1. The van der Waals surface area contributed by atoms with Crippen molar-refractivity contribution in [2.75, 3.05) is 6.61 Å². The Balaban J connectivity index is 3.49. The summed E-state index contributed by atoms with van der Waals surface area (Å²) in [6.45, 7) is 1.39. The van der Waals surface area contributed by atoms with Gasteiger partial charge in [-0.05, 0) is 6.92 Å². The van der Waals surface area contributed by atoms with E-state index in [1.807, 2.05) is 0 Å². The fourth-order valence-electron chi connectivity index (χ4n) is 1.25. The van der Waals surface area contributed by atoms with Crippen LogP contribution in [0.4, 0.5) is 14.5 Å². The zero-order valence-corrected chi connectivity index (χ0v) is 9.78. The molecule has 18 heavy (non-hydrogen) atoms. The second-order valence-electron chi connectivity index (χ2n) is 3.00. The molecule has 1 rings (SSSR count). The minimum atomic E-state index is -3.27. The molecule has 0 aliphatic heterocycles. The quantitative estimate of drug-likeness (QED) is 0.481. The van der Waals surface area contributed by atoms with Gasteiger partial charge in [0.2, 0.25) is 0 Å². The molecule has 6 nitrogen and oxygen atoms in total. The fraction of sp³-hybridized carbons (Fsp3) is 0.333. The number of ether oxygens (including phenoxy) is 1. The van der Waals surface area contributed by atoms with Gasteiger partial charge in [-0.3, -0.25) is 10.1 Å². The molecule has 0 N–H and O–H groups in total. The standard InChI is InChI=1S/C9H7ClF2N2O4/c1-2-18-9(15)6-5(8(11)12)7(14(16)17)4(10)3-13-6/h3,8H,2H2,1H3. The van der Waals surface area contributed by atoms with Gasteiger partial charge in [-0.2, -0.15) is 0 Å². The van der Waals surface area contributed by atoms with Crippen molar-refractivity contribution in [3.05, 3.63) is 32.6 Å². The molecule has 0 amide bonds. The van der Waals surface area contributed by atoms with Crippen LogP contribution in [0.25, 0.3) is 0 Å². The van der Waals surface area contributed by atoms with Crippen molar-refractivity contribution < 1.29 is 23.2 Å². The fourth-order valence-corrected chi connectivity index (χ4v) is 1.47. The summed E-state index contributed by atoms with van der Waals surface area (Å²) in [5.74, 6) is -1.16. The summed E-state index contributed by atoms with van der Waals surface area (Å²) in [7, 11) is 0. The van der Waals surface area contributed by atoms with Crippen LogP contribution in [0.3, 0.4) is 0 Å². The first-order valence-corrected chi connectivity index (χ1v) is 5.06. The molecule has 1 aromatic rings. The molecule has 0 atom stereocenters. The highest BCUT2D eigenvalue weighted by atomic mass is 35.5. The third kappa shape index (κ3) is 2.70. The van der Waals surface area contributed by atoms with Crippen molar-refractivity contribution in [1.29, 1.82) is 0 Å². The van der Waals surface area contributed by atoms with Crippen molar-refractivity contribution in [2.45, 2.75) is 13.3 Å². The summed E-state index contributed by atoms with van der Waals surface area (Å²) in [5.41, 5.74) is -2.97. The normalized spacial score (nSPS) is 10.5. The van der Waals surface area contributed by atoms with E-state index in [2.05, 4.69) is 9.72 Å². The molecular formula is C9H7ClF2N2O4. The monoisotopic (exact) mass is 280 g/mol. The van der Waals surface area contributed by atoms with Crippen LogP contribution in [0.2, 0.25) is 5.02 Å². The first kappa shape index (κ1) is 14.2. The molecule has 0 fully saturated rings. The van der Waals surface area contributed by atoms with E-state index < -0.39 is 39.3 Å². The minimum Gasteiger partial charge on any atom is -0.461 e. The van der Waals surface area contributed by atoms with Crippen LogP contribution in [-0.2, 0) is 4.74 Å². The maximum Gasteiger partial charge on any atom is 0.357 e. The lowest BCUT2D eigenvalue weighted by molar-refractivity contribution is -0.386. The molecule has 1 heterocycles. The highest BCUT2D eigenvalue weighted by Crippen LogP contribution is 2.36. The van der Waals surface area contributed by atoms with Crippen molar-refractivity contribution >= 4 is 23.3 Å². The number of carbonyl (C=O) groups excluding carboxylic acids is 1. The number of esters is 1. The molecule has 0 aliphatic rings. The zero-order valence-electron chi connectivity index (χ0n) is 9.02. The number of hydrogen-bond donors (Lipinski definition) is 0. The van der Waals surface area contributed by atoms with Crippen LogP contribution < -0.4 is 0 Å². The van der Waals surface area contributed by atoms with Crippen LogP contribution in [0.1, 0.15) is 29.4 Å². The average Bonchev–Trinajstić information content (AvgIpc) is 2.27. The number of pyridine rings is 1. The number of rotatable bonds is 4. The highest BCUT2D eigenvalue weighted by molar-refractivity contribution is 6.32. The molecular weight excluding hydrogens is 274 g/mol. The van der Waals surface area contributed by atoms with Gasteiger partial charge in [-0.15, -0.1) is 0 Å². The van der Waals surface area contributed by atoms with Crippen LogP contribution in [-0.4, -0.2) is 22.5 Å². The van der Waals surface area contributed by atoms with Crippen molar-refractivity contribution in [3.8, 4) is 0 Å². The SMILES string of the molecule is CCOC(=O)c1ncc(Cl)c([N+](=O)[O-])c1C(F)F. The Kier molecular flexibility index (Phi) is 4.49. The van der Waals surface area contributed by atoms with E-state index in [0.29, 0.717) is 0 Å². The van der Waals surface area contributed by atoms with E-state index in [-0.39, 0.29) is 6.61 Å². The summed E-state index contributed by atoms with van der Waals surface area (Å²) in [4.78, 5) is 24.3. The van der Waals surface area contributed by atoms with Crippen LogP contribution in [0.5, 0.6) is 0 Å². The number of carbonyl (C=O) groups is 1. The molecule has 0 spiro atoms. The summed E-state index contributed by atoms with van der Waals surface area (Å²) >= 11 is 5.43. The van der Waals surface area contributed by atoms with Gasteiger partial charge < -0.3 is 4.74 Å². The first-order chi connectivity index (χ1) is 8.40. The van der Waals surface area contributed by atoms with E-state index in [4.69, 9.17) is 11.6 Å². The Morgan fingerprint density at radius 3 is 2.72 bits per heavy atom. The highest BCUT2D eigenvalue weighted by Gasteiger charge is 2.33. The van der Waals surface area contributed by atoms with E-state index in [0.717, 1.165) is 6.20 Å². The maximum absolute atomic E-state index is 12.8. The third-order valence-electron chi connectivity index (χ3n) is 1.91. The number of halogens is 3. The molecule has 0 bridgehead atoms. The van der Waals surface area contributed by atoms with Gasteiger partial charge in [-0.25, -0.2) is 18.6 Å². The third-order valence-corrected chi connectivity index (χ3v) is 2.19. The van der Waals surface area contributed by atoms with Crippen LogP contribution >= 0.6 is 11.6 Å². The molecule has 0 saturated heterocycles. The predicted molar refractivity (Wildman–Crippen MR) is 56.8 cm³/mol. The Bertz CT molecular complexity index is 496. The first-order valence-electron chi connectivity index (χ1n) is 4.68. The number of nitro groups is 1. The molecule has 98 valence electrons. The molecule has 0 unspecified atom stereocenters. The van der Waals surface area contributed by atoms with Gasteiger partial charge >= 0.3 is 11.7 Å². The largest absolute Gasteiger partial charge is 0.461 e. The van der Waals surface area contributed by atoms with Gasteiger partial charge in [-0.1, -0.05) is 11.6 Å². The predicted octanol–water partition coefficient (Wildman–Crippen LogP) is 2.76. The van der Waals surface area contributed by atoms with Gasteiger partial charge in [0.05, 0.1) is 17.7 Å². The Hall–Kier alpha value is -1.83. The molecule has 0 aliphatic carbocycles. The summed E-state index contributed by atoms with van der Waals surface area (Å²) in [6.07, 6.45) is -2.51. The molecule has 0 radical (unpaired) electrons. The van der Waals surface area contributed by atoms with Gasteiger partial charge in [0, 0.05) is 0 Å². The Morgan fingerprint density at radius 1 is 1.67 bits per heavy atom. The Labute approximate surface area is 105 Å². The zero-order chi connectivity index (χ0) is 13.9. The van der Waals surface area contributed by atoms with Crippen LogP contribution in [0.15, 0.2) is 6.20 Å². The molecule has 0 aromatic carbocycles. The lowest BCUT2D eigenvalue weighted by Crippen LogP contribution is -2.13. The van der Waals surface area contributed by atoms with Gasteiger partial charge in [0.1, 0.15) is 10.6 Å². The summed E-state index contributed by atoms with van der Waals surface area (Å²) in [6, 6.07) is 0. The number of aromatic nitrogens is 1. The second-order valence-corrected chi connectivity index (χ2v) is 3.40. The van der Waals surface area contributed by atoms with Crippen LogP contribution in [0, 0.1) is 10.1 Å². The van der Waals surface area contributed by atoms with Crippen molar-refractivity contribution in [2.24, 2.45) is 0 Å². The number of nitrogens with zero attached hydrogens (tertiary/aromatic N) is 2. The molecule has 1 aromatic heterocycles. The van der Waals surface area contributed by atoms with E-state index in [9.17, 15) is 23.7 Å². The van der Waals surface area contributed by atoms with E-state index >= 15 is 0 Å². The lowest BCUT2D eigenvalue weighted by Gasteiger charge is -2.08. The molecule has 9 heteroatoms. The average molecular weight is 281 g/mol. The molecule has 0 saturated carbocycles. The van der Waals surface area contributed by atoms with Crippen molar-refractivity contribution in [3.63, 3.8) is 0 Å². The lowest BCUT2D eigenvalue weighted by atomic mass is 10.1. The van der Waals surface area contributed by atoms with Gasteiger partial charge in [0.25, 0.3) is 6.43 Å². The van der Waals surface area contributed by atoms with Gasteiger partial charge in [0.15, 0.2) is 5.69 Å². The number of alkyl halides is 2. The summed E-state index contributed by atoms with van der Waals surface area (Å²) in [5, 5.41) is 10.1.